The lowest BCUT2D eigenvalue weighted by Gasteiger charge is -2.08. The molecule has 0 radical (unpaired) electrons. The van der Waals surface area contributed by atoms with E-state index in [9.17, 15) is 8.42 Å². The summed E-state index contributed by atoms with van der Waals surface area (Å²) in [5, 5.41) is 1.17. The van der Waals surface area contributed by atoms with Crippen LogP contribution in [0.15, 0.2) is 59.6 Å². The van der Waals surface area contributed by atoms with Gasteiger partial charge in [0.2, 0.25) is 0 Å². The van der Waals surface area contributed by atoms with E-state index in [0.717, 1.165) is 11.1 Å². The van der Waals surface area contributed by atoms with Gasteiger partial charge in [0, 0.05) is 23.6 Å². The molecule has 0 N–H and O–H groups in total. The normalized spacial score (nSPS) is 11.9. The maximum absolute atomic E-state index is 12.2. The third kappa shape index (κ3) is 3.30. The molecule has 0 unspecified atom stereocenters. The lowest BCUT2D eigenvalue weighted by Crippen LogP contribution is -2.11. The summed E-state index contributed by atoms with van der Waals surface area (Å²) in [7, 11) is -3.71. The molecule has 2 aromatic carbocycles. The molecule has 0 aliphatic heterocycles. The SMILES string of the molecule is Cc1ccc(S(=O)(=O)OCCn2cc(C)c3ccccc32)cc1. The molecule has 0 saturated carbocycles. The molecule has 0 aliphatic rings. The number of aromatic nitrogens is 1. The van der Waals surface area contributed by atoms with Crippen LogP contribution < -0.4 is 0 Å². The Morgan fingerprint density at radius 3 is 2.43 bits per heavy atom. The Bertz CT molecular complexity index is 925. The van der Waals surface area contributed by atoms with Gasteiger partial charge in [0.25, 0.3) is 10.1 Å². The zero-order valence-electron chi connectivity index (χ0n) is 13.2. The Balaban J connectivity index is 1.72. The van der Waals surface area contributed by atoms with Gasteiger partial charge in [-0.25, -0.2) is 0 Å². The first-order valence-corrected chi connectivity index (χ1v) is 8.89. The molecule has 0 atom stereocenters. The standard InChI is InChI=1S/C18H19NO3S/c1-14-7-9-16(10-8-14)23(20,21)22-12-11-19-13-15(2)17-5-3-4-6-18(17)19/h3-10,13H,11-12H2,1-2H3. The summed E-state index contributed by atoms with van der Waals surface area (Å²) in [5.74, 6) is 0. The van der Waals surface area contributed by atoms with Crippen LogP contribution in [0.25, 0.3) is 10.9 Å². The quantitative estimate of drug-likeness (QED) is 0.671. The van der Waals surface area contributed by atoms with Crippen LogP contribution in [-0.4, -0.2) is 19.6 Å². The van der Waals surface area contributed by atoms with E-state index in [1.165, 1.54) is 10.9 Å². The number of aryl methyl sites for hydroxylation is 2. The van der Waals surface area contributed by atoms with E-state index in [2.05, 4.69) is 6.07 Å². The molecule has 3 rings (SSSR count). The van der Waals surface area contributed by atoms with Crippen molar-refractivity contribution >= 4 is 21.0 Å². The molecule has 3 aromatic rings. The van der Waals surface area contributed by atoms with Gasteiger partial charge in [-0.1, -0.05) is 35.9 Å². The molecule has 23 heavy (non-hydrogen) atoms. The van der Waals surface area contributed by atoms with Crippen molar-refractivity contribution in [2.24, 2.45) is 0 Å². The monoisotopic (exact) mass is 329 g/mol. The van der Waals surface area contributed by atoms with Gasteiger partial charge in [0.05, 0.1) is 11.5 Å². The van der Waals surface area contributed by atoms with Gasteiger partial charge in [-0.15, -0.1) is 0 Å². The van der Waals surface area contributed by atoms with Gasteiger partial charge < -0.3 is 4.57 Å². The Hall–Kier alpha value is -2.11. The van der Waals surface area contributed by atoms with E-state index in [4.69, 9.17) is 4.18 Å². The minimum atomic E-state index is -3.71. The molecular weight excluding hydrogens is 310 g/mol. The predicted molar refractivity (Wildman–Crippen MR) is 91.0 cm³/mol. The summed E-state index contributed by atoms with van der Waals surface area (Å²) in [6.45, 7) is 4.55. The van der Waals surface area contributed by atoms with Crippen molar-refractivity contribution in [3.63, 3.8) is 0 Å². The lowest BCUT2D eigenvalue weighted by atomic mass is 10.2. The van der Waals surface area contributed by atoms with Crippen LogP contribution in [0.3, 0.4) is 0 Å². The second-order valence-corrected chi connectivity index (χ2v) is 7.23. The van der Waals surface area contributed by atoms with E-state index in [-0.39, 0.29) is 11.5 Å². The first-order valence-electron chi connectivity index (χ1n) is 7.48. The smallest absolute Gasteiger partial charge is 0.297 e. The minimum Gasteiger partial charge on any atom is -0.345 e. The summed E-state index contributed by atoms with van der Waals surface area (Å²) >= 11 is 0. The number of para-hydroxylation sites is 1. The van der Waals surface area contributed by atoms with E-state index in [1.807, 2.05) is 42.8 Å². The number of rotatable bonds is 5. The first-order chi connectivity index (χ1) is 11.0. The summed E-state index contributed by atoms with van der Waals surface area (Å²) < 4.78 is 31.5. The van der Waals surface area contributed by atoms with Crippen molar-refractivity contribution in [3.05, 3.63) is 65.9 Å². The van der Waals surface area contributed by atoms with E-state index in [0.29, 0.717) is 6.54 Å². The molecular formula is C18H19NO3S. The molecule has 1 aromatic heterocycles. The average Bonchev–Trinajstić information content (AvgIpc) is 2.85. The lowest BCUT2D eigenvalue weighted by molar-refractivity contribution is 0.302. The predicted octanol–water partition coefficient (Wildman–Crippen LogP) is 3.66. The zero-order chi connectivity index (χ0) is 16.4. The zero-order valence-corrected chi connectivity index (χ0v) is 14.0. The Labute approximate surface area is 136 Å². The fourth-order valence-corrected chi connectivity index (χ4v) is 3.53. The molecule has 0 bridgehead atoms. The van der Waals surface area contributed by atoms with Crippen molar-refractivity contribution in [1.29, 1.82) is 0 Å². The fourth-order valence-electron chi connectivity index (χ4n) is 2.63. The maximum atomic E-state index is 12.2. The molecule has 0 saturated heterocycles. The molecule has 0 spiro atoms. The van der Waals surface area contributed by atoms with Gasteiger partial charge >= 0.3 is 0 Å². The second kappa shape index (κ2) is 6.18. The van der Waals surface area contributed by atoms with Crippen molar-refractivity contribution in [2.45, 2.75) is 25.3 Å². The summed E-state index contributed by atoms with van der Waals surface area (Å²) in [6, 6.07) is 14.7. The van der Waals surface area contributed by atoms with Gasteiger partial charge in [0.1, 0.15) is 0 Å². The Morgan fingerprint density at radius 2 is 1.70 bits per heavy atom. The van der Waals surface area contributed by atoms with Crippen molar-refractivity contribution in [1.82, 2.24) is 4.57 Å². The van der Waals surface area contributed by atoms with E-state index in [1.54, 1.807) is 24.3 Å². The third-order valence-corrected chi connectivity index (χ3v) is 5.19. The van der Waals surface area contributed by atoms with Crippen molar-refractivity contribution < 1.29 is 12.6 Å². The Kier molecular flexibility index (Phi) is 4.24. The van der Waals surface area contributed by atoms with Crippen LogP contribution >= 0.6 is 0 Å². The molecule has 0 fully saturated rings. The number of hydrogen-bond acceptors (Lipinski definition) is 3. The summed E-state index contributed by atoms with van der Waals surface area (Å²) in [5.41, 5.74) is 3.27. The minimum absolute atomic E-state index is 0.105. The topological polar surface area (TPSA) is 48.3 Å². The van der Waals surface area contributed by atoms with Crippen LogP contribution in [0.5, 0.6) is 0 Å². The highest BCUT2D eigenvalue weighted by atomic mass is 32.2. The number of nitrogens with zero attached hydrogens (tertiary/aromatic N) is 1. The van der Waals surface area contributed by atoms with E-state index < -0.39 is 10.1 Å². The maximum Gasteiger partial charge on any atom is 0.297 e. The summed E-state index contributed by atoms with van der Waals surface area (Å²) in [6.07, 6.45) is 2.02. The Morgan fingerprint density at radius 1 is 1.00 bits per heavy atom. The van der Waals surface area contributed by atoms with Gasteiger partial charge in [0.15, 0.2) is 0 Å². The highest BCUT2D eigenvalue weighted by molar-refractivity contribution is 7.86. The summed E-state index contributed by atoms with van der Waals surface area (Å²) in [4.78, 5) is 0.191. The number of benzene rings is 2. The average molecular weight is 329 g/mol. The van der Waals surface area contributed by atoms with Gasteiger partial charge in [-0.05, 0) is 37.6 Å². The number of fused-ring (bicyclic) bond motifs is 1. The molecule has 0 amide bonds. The van der Waals surface area contributed by atoms with E-state index >= 15 is 0 Å². The van der Waals surface area contributed by atoms with Gasteiger partial charge in [-0.3, -0.25) is 4.18 Å². The highest BCUT2D eigenvalue weighted by Gasteiger charge is 2.15. The van der Waals surface area contributed by atoms with Crippen LogP contribution in [0.1, 0.15) is 11.1 Å². The van der Waals surface area contributed by atoms with Crippen LogP contribution in [0, 0.1) is 13.8 Å². The van der Waals surface area contributed by atoms with Crippen molar-refractivity contribution in [2.75, 3.05) is 6.61 Å². The fraction of sp³-hybridized carbons (Fsp3) is 0.222. The third-order valence-electron chi connectivity index (χ3n) is 3.87. The van der Waals surface area contributed by atoms with Crippen LogP contribution in [0.4, 0.5) is 0 Å². The number of hydrogen-bond donors (Lipinski definition) is 0. The molecule has 1 heterocycles. The molecule has 0 aliphatic carbocycles. The van der Waals surface area contributed by atoms with Gasteiger partial charge in [-0.2, -0.15) is 8.42 Å². The largest absolute Gasteiger partial charge is 0.345 e. The molecule has 4 nitrogen and oxygen atoms in total. The molecule has 5 heteroatoms. The van der Waals surface area contributed by atoms with Crippen LogP contribution in [-0.2, 0) is 20.8 Å². The van der Waals surface area contributed by atoms with Crippen molar-refractivity contribution in [3.8, 4) is 0 Å². The van der Waals surface area contributed by atoms with Crippen LogP contribution in [0.2, 0.25) is 0 Å². The second-order valence-electron chi connectivity index (χ2n) is 5.61. The first kappa shape index (κ1) is 15.8. The highest BCUT2D eigenvalue weighted by Crippen LogP contribution is 2.20. The molecule has 120 valence electrons.